The van der Waals surface area contributed by atoms with Gasteiger partial charge in [0.1, 0.15) is 12.4 Å². The summed E-state index contributed by atoms with van der Waals surface area (Å²) in [6.07, 6.45) is 0. The number of carbonyl (C=O) groups excluding carboxylic acids is 1. The summed E-state index contributed by atoms with van der Waals surface area (Å²) in [5.41, 5.74) is 1.08. The Balaban J connectivity index is 1.62. The number of nitrogens with one attached hydrogen (secondary N) is 2. The second kappa shape index (κ2) is 9.52. The second-order valence-electron chi connectivity index (χ2n) is 5.31. The zero-order valence-electron chi connectivity index (χ0n) is 13.4. The summed E-state index contributed by atoms with van der Waals surface area (Å²) in [6.45, 7) is 3.09. The maximum absolute atomic E-state index is 11.8. The zero-order valence-corrected chi connectivity index (χ0v) is 14.9. The van der Waals surface area contributed by atoms with Gasteiger partial charge < -0.3 is 15.4 Å². The van der Waals surface area contributed by atoms with Crippen LogP contribution in [0.25, 0.3) is 0 Å². The minimum atomic E-state index is -0.0736. The largest absolute Gasteiger partial charge is 0.492 e. The highest BCUT2D eigenvalue weighted by atomic mass is 35.5. The molecule has 0 heterocycles. The van der Waals surface area contributed by atoms with Crippen molar-refractivity contribution in [2.24, 2.45) is 0 Å². The first-order valence-corrected chi connectivity index (χ1v) is 8.44. The SMILES string of the molecule is C[C@H](NCC(=O)NCCOc1ccc(Cl)cc1)c1ccc(Cl)cc1. The zero-order chi connectivity index (χ0) is 17.4. The summed E-state index contributed by atoms with van der Waals surface area (Å²) in [4.78, 5) is 11.8. The molecule has 2 aromatic carbocycles. The molecule has 2 N–H and O–H groups in total. The van der Waals surface area contributed by atoms with E-state index in [1.54, 1.807) is 24.3 Å². The van der Waals surface area contributed by atoms with E-state index in [0.29, 0.717) is 23.2 Å². The van der Waals surface area contributed by atoms with Crippen LogP contribution in [-0.2, 0) is 4.79 Å². The summed E-state index contributed by atoms with van der Waals surface area (Å²) in [7, 11) is 0. The predicted molar refractivity (Wildman–Crippen MR) is 97.8 cm³/mol. The standard InChI is InChI=1S/C18H20Cl2N2O2/c1-13(14-2-4-15(19)5-3-14)22-12-18(23)21-10-11-24-17-8-6-16(20)7-9-17/h2-9,13,22H,10-12H2,1H3,(H,21,23)/t13-/m0/s1. The molecule has 0 saturated carbocycles. The Labute approximate surface area is 152 Å². The van der Waals surface area contributed by atoms with E-state index in [2.05, 4.69) is 10.6 Å². The van der Waals surface area contributed by atoms with Gasteiger partial charge >= 0.3 is 0 Å². The molecule has 1 atom stereocenters. The predicted octanol–water partition coefficient (Wildman–Crippen LogP) is 3.84. The normalized spacial score (nSPS) is 11.8. The molecule has 1 amide bonds. The first-order valence-electron chi connectivity index (χ1n) is 7.68. The quantitative estimate of drug-likeness (QED) is 0.697. The van der Waals surface area contributed by atoms with E-state index in [1.807, 2.05) is 31.2 Å². The van der Waals surface area contributed by atoms with Gasteiger partial charge in [-0.3, -0.25) is 4.79 Å². The van der Waals surface area contributed by atoms with Gasteiger partial charge in [-0.05, 0) is 48.9 Å². The van der Waals surface area contributed by atoms with Crippen molar-refractivity contribution in [2.45, 2.75) is 13.0 Å². The molecule has 0 aliphatic heterocycles. The molecule has 0 radical (unpaired) electrons. The van der Waals surface area contributed by atoms with Crippen molar-refractivity contribution in [1.29, 1.82) is 0 Å². The third kappa shape index (κ3) is 6.40. The molecule has 0 bridgehead atoms. The maximum Gasteiger partial charge on any atom is 0.234 e. The van der Waals surface area contributed by atoms with Crippen LogP contribution in [0.3, 0.4) is 0 Å². The Bertz CT molecular complexity index is 645. The van der Waals surface area contributed by atoms with Crippen LogP contribution < -0.4 is 15.4 Å². The Morgan fingerprint density at radius 3 is 2.25 bits per heavy atom. The van der Waals surface area contributed by atoms with E-state index in [9.17, 15) is 4.79 Å². The van der Waals surface area contributed by atoms with Gasteiger partial charge in [0.15, 0.2) is 0 Å². The molecular formula is C18H20Cl2N2O2. The van der Waals surface area contributed by atoms with E-state index < -0.39 is 0 Å². The summed E-state index contributed by atoms with van der Waals surface area (Å²) in [5, 5.41) is 7.34. The van der Waals surface area contributed by atoms with Gasteiger partial charge in [0.25, 0.3) is 0 Å². The highest BCUT2D eigenvalue weighted by molar-refractivity contribution is 6.30. The number of hydrogen-bond donors (Lipinski definition) is 2. The van der Waals surface area contributed by atoms with Crippen LogP contribution in [0.15, 0.2) is 48.5 Å². The fourth-order valence-electron chi connectivity index (χ4n) is 2.07. The van der Waals surface area contributed by atoms with E-state index in [4.69, 9.17) is 27.9 Å². The summed E-state index contributed by atoms with van der Waals surface area (Å²) in [5.74, 6) is 0.652. The van der Waals surface area contributed by atoms with Crippen LogP contribution in [0.1, 0.15) is 18.5 Å². The van der Waals surface area contributed by atoms with Gasteiger partial charge in [0.05, 0.1) is 13.1 Å². The number of ether oxygens (including phenoxy) is 1. The first-order chi connectivity index (χ1) is 11.5. The Morgan fingerprint density at radius 1 is 1.04 bits per heavy atom. The monoisotopic (exact) mass is 366 g/mol. The highest BCUT2D eigenvalue weighted by Crippen LogP contribution is 2.16. The molecule has 128 valence electrons. The van der Waals surface area contributed by atoms with Crippen molar-refractivity contribution in [3.63, 3.8) is 0 Å². The molecule has 4 nitrogen and oxygen atoms in total. The maximum atomic E-state index is 11.8. The van der Waals surface area contributed by atoms with Crippen molar-refractivity contribution in [3.05, 3.63) is 64.1 Å². The van der Waals surface area contributed by atoms with Crippen molar-refractivity contribution < 1.29 is 9.53 Å². The van der Waals surface area contributed by atoms with Crippen LogP contribution in [0.4, 0.5) is 0 Å². The van der Waals surface area contributed by atoms with Gasteiger partial charge in [-0.25, -0.2) is 0 Å². The van der Waals surface area contributed by atoms with Crippen molar-refractivity contribution in [1.82, 2.24) is 10.6 Å². The lowest BCUT2D eigenvalue weighted by molar-refractivity contribution is -0.120. The van der Waals surface area contributed by atoms with Crippen molar-refractivity contribution in [3.8, 4) is 5.75 Å². The minimum Gasteiger partial charge on any atom is -0.492 e. The molecule has 6 heteroatoms. The molecule has 0 aliphatic carbocycles. The van der Waals surface area contributed by atoms with Gasteiger partial charge in [-0.2, -0.15) is 0 Å². The van der Waals surface area contributed by atoms with E-state index in [-0.39, 0.29) is 18.5 Å². The Morgan fingerprint density at radius 2 is 1.62 bits per heavy atom. The van der Waals surface area contributed by atoms with Crippen LogP contribution >= 0.6 is 23.2 Å². The fourth-order valence-corrected chi connectivity index (χ4v) is 2.32. The summed E-state index contributed by atoms with van der Waals surface area (Å²) in [6, 6.07) is 14.7. The lowest BCUT2D eigenvalue weighted by atomic mass is 10.1. The molecule has 0 aromatic heterocycles. The fraction of sp³-hybridized carbons (Fsp3) is 0.278. The third-order valence-corrected chi connectivity index (χ3v) is 3.95. The first kappa shape index (κ1) is 18.6. The highest BCUT2D eigenvalue weighted by Gasteiger charge is 2.07. The molecule has 24 heavy (non-hydrogen) atoms. The second-order valence-corrected chi connectivity index (χ2v) is 6.18. The smallest absolute Gasteiger partial charge is 0.234 e. The molecule has 0 fully saturated rings. The number of benzene rings is 2. The Hall–Kier alpha value is -1.75. The van der Waals surface area contributed by atoms with E-state index in [1.165, 1.54) is 0 Å². The molecule has 0 saturated heterocycles. The van der Waals surface area contributed by atoms with Crippen LogP contribution in [-0.4, -0.2) is 25.6 Å². The van der Waals surface area contributed by atoms with Crippen LogP contribution in [0.2, 0.25) is 10.0 Å². The molecule has 0 unspecified atom stereocenters. The van der Waals surface area contributed by atoms with Crippen LogP contribution in [0, 0.1) is 0 Å². The van der Waals surface area contributed by atoms with Gasteiger partial charge in [0.2, 0.25) is 5.91 Å². The van der Waals surface area contributed by atoms with Gasteiger partial charge in [-0.15, -0.1) is 0 Å². The number of rotatable bonds is 8. The van der Waals surface area contributed by atoms with Crippen LogP contribution in [0.5, 0.6) is 5.75 Å². The minimum absolute atomic E-state index is 0.0679. The molecule has 0 aliphatic rings. The van der Waals surface area contributed by atoms with Crippen molar-refractivity contribution in [2.75, 3.05) is 19.7 Å². The number of halogens is 2. The molecular weight excluding hydrogens is 347 g/mol. The average molecular weight is 367 g/mol. The van der Waals surface area contributed by atoms with Gasteiger partial charge in [-0.1, -0.05) is 35.3 Å². The molecule has 2 rings (SSSR count). The third-order valence-electron chi connectivity index (χ3n) is 3.45. The Kier molecular flexibility index (Phi) is 7.37. The number of carbonyl (C=O) groups is 1. The lowest BCUT2D eigenvalue weighted by Gasteiger charge is -2.14. The van der Waals surface area contributed by atoms with E-state index >= 15 is 0 Å². The lowest BCUT2D eigenvalue weighted by Crippen LogP contribution is -2.36. The average Bonchev–Trinajstić information content (AvgIpc) is 2.59. The molecule has 2 aromatic rings. The summed E-state index contributed by atoms with van der Waals surface area (Å²) < 4.78 is 5.51. The molecule has 0 spiro atoms. The number of amides is 1. The number of hydrogen-bond acceptors (Lipinski definition) is 3. The topological polar surface area (TPSA) is 50.4 Å². The van der Waals surface area contributed by atoms with Crippen molar-refractivity contribution >= 4 is 29.1 Å². The van der Waals surface area contributed by atoms with Gasteiger partial charge in [0, 0.05) is 16.1 Å². The summed E-state index contributed by atoms with van der Waals surface area (Å²) >= 11 is 11.7. The van der Waals surface area contributed by atoms with E-state index in [0.717, 1.165) is 11.3 Å².